The van der Waals surface area contributed by atoms with Crippen molar-refractivity contribution in [1.29, 1.82) is 0 Å². The lowest BCUT2D eigenvalue weighted by atomic mass is 9.77. The van der Waals surface area contributed by atoms with Gasteiger partial charge < -0.3 is 5.32 Å². The number of aryl methyl sites for hydroxylation is 1. The Kier molecular flexibility index (Phi) is 4.63. The molecule has 3 aromatic rings. The monoisotopic (exact) mass is 416 g/mol. The zero-order valence-electron chi connectivity index (χ0n) is 16.7. The first-order valence-corrected chi connectivity index (χ1v) is 11.7. The molecule has 2 aliphatic rings. The molecule has 0 bridgehead atoms. The van der Waals surface area contributed by atoms with Crippen LogP contribution in [0.1, 0.15) is 35.1 Å². The van der Waals surface area contributed by atoms with E-state index in [1.807, 2.05) is 30.3 Å². The first-order valence-electron chi connectivity index (χ1n) is 10.2. The highest BCUT2D eigenvalue weighted by Gasteiger charge is 2.38. The molecule has 0 amide bonds. The minimum absolute atomic E-state index is 0.207. The highest BCUT2D eigenvalue weighted by molar-refractivity contribution is 7.92. The average molecular weight is 417 g/mol. The lowest BCUT2D eigenvalue weighted by Gasteiger charge is -2.37. The fourth-order valence-corrected chi connectivity index (χ4v) is 5.75. The Hall–Kier alpha value is -3.05. The second-order valence-corrected chi connectivity index (χ2v) is 9.79. The molecule has 1 aliphatic heterocycles. The fourth-order valence-electron chi connectivity index (χ4n) is 4.65. The summed E-state index contributed by atoms with van der Waals surface area (Å²) < 4.78 is 28.6. The van der Waals surface area contributed by atoms with Gasteiger partial charge in [-0.05, 0) is 60.7 Å². The molecule has 1 aliphatic carbocycles. The van der Waals surface area contributed by atoms with E-state index in [1.165, 1.54) is 11.1 Å². The lowest BCUT2D eigenvalue weighted by Crippen LogP contribution is -2.29. The van der Waals surface area contributed by atoms with Crippen molar-refractivity contribution in [2.24, 2.45) is 5.92 Å². The van der Waals surface area contributed by atoms with Gasteiger partial charge in [0.2, 0.25) is 0 Å². The molecule has 0 spiro atoms. The molecule has 0 radical (unpaired) electrons. The van der Waals surface area contributed by atoms with Crippen molar-refractivity contribution in [2.75, 3.05) is 10.0 Å². The van der Waals surface area contributed by atoms with Crippen molar-refractivity contribution in [3.8, 4) is 0 Å². The summed E-state index contributed by atoms with van der Waals surface area (Å²) in [5.41, 5.74) is 5.14. The van der Waals surface area contributed by atoms with Crippen molar-refractivity contribution in [2.45, 2.75) is 30.2 Å². The predicted molar refractivity (Wildman–Crippen MR) is 121 cm³/mol. The van der Waals surface area contributed by atoms with E-state index in [-0.39, 0.29) is 12.0 Å². The van der Waals surface area contributed by atoms with Gasteiger partial charge in [0.25, 0.3) is 10.0 Å². The Labute approximate surface area is 177 Å². The molecular formula is C25H24N2O2S. The molecule has 0 aromatic heterocycles. The van der Waals surface area contributed by atoms with Crippen molar-refractivity contribution in [3.63, 3.8) is 0 Å². The molecule has 3 atom stereocenters. The van der Waals surface area contributed by atoms with Crippen LogP contribution in [-0.2, 0) is 10.0 Å². The summed E-state index contributed by atoms with van der Waals surface area (Å²) in [7, 11) is -3.65. The quantitative estimate of drug-likeness (QED) is 0.543. The molecule has 30 heavy (non-hydrogen) atoms. The van der Waals surface area contributed by atoms with Crippen molar-refractivity contribution >= 4 is 21.4 Å². The number of rotatable bonds is 4. The summed E-state index contributed by atoms with van der Waals surface area (Å²) in [4.78, 5) is 0.292. The van der Waals surface area contributed by atoms with E-state index in [0.717, 1.165) is 17.7 Å². The molecule has 0 fully saturated rings. The lowest BCUT2D eigenvalue weighted by molar-refractivity contribution is 0.425. The molecule has 5 rings (SSSR count). The number of hydrogen-bond donors (Lipinski definition) is 2. The number of anilines is 2. The number of allylic oxidation sites excluding steroid dienone is 2. The Bertz CT molecular complexity index is 1220. The number of benzene rings is 3. The molecule has 152 valence electrons. The summed E-state index contributed by atoms with van der Waals surface area (Å²) in [6, 6.07) is 23.2. The van der Waals surface area contributed by atoms with Crippen LogP contribution in [0.25, 0.3) is 0 Å². The average Bonchev–Trinajstić information content (AvgIpc) is 3.23. The Morgan fingerprint density at radius 1 is 0.967 bits per heavy atom. The van der Waals surface area contributed by atoms with E-state index in [4.69, 9.17) is 0 Å². The third kappa shape index (κ3) is 3.39. The summed E-state index contributed by atoms with van der Waals surface area (Å²) in [5.74, 6) is 0.581. The van der Waals surface area contributed by atoms with E-state index >= 15 is 0 Å². The number of nitrogens with one attached hydrogen (secondary N) is 2. The van der Waals surface area contributed by atoms with Gasteiger partial charge in [0.05, 0.1) is 10.9 Å². The molecule has 4 nitrogen and oxygen atoms in total. The molecule has 5 heteroatoms. The van der Waals surface area contributed by atoms with Gasteiger partial charge in [-0.25, -0.2) is 8.42 Å². The maximum absolute atomic E-state index is 13.0. The van der Waals surface area contributed by atoms with E-state index in [1.54, 1.807) is 18.2 Å². The SMILES string of the molecule is Cc1cccc([C@H]2Nc3ccc(S(=O)(=O)Nc4ccccc4)cc3[C@H]3C=CC[C@H]32)c1. The number of fused-ring (bicyclic) bond motifs is 3. The van der Waals surface area contributed by atoms with Gasteiger partial charge in [0, 0.05) is 17.3 Å². The van der Waals surface area contributed by atoms with Crippen LogP contribution in [0.2, 0.25) is 0 Å². The van der Waals surface area contributed by atoms with E-state index in [2.05, 4.69) is 53.4 Å². The van der Waals surface area contributed by atoms with Crippen LogP contribution < -0.4 is 10.0 Å². The maximum atomic E-state index is 13.0. The van der Waals surface area contributed by atoms with Crippen molar-refractivity contribution in [3.05, 3.63) is 102 Å². The first kappa shape index (κ1) is 18.9. The van der Waals surface area contributed by atoms with Crippen molar-refractivity contribution in [1.82, 2.24) is 0 Å². The minimum atomic E-state index is -3.65. The number of hydrogen-bond acceptors (Lipinski definition) is 3. The third-order valence-corrected chi connectivity index (χ3v) is 7.45. The second-order valence-electron chi connectivity index (χ2n) is 8.11. The van der Waals surface area contributed by atoms with Gasteiger partial charge in [-0.1, -0.05) is 60.2 Å². The van der Waals surface area contributed by atoms with E-state index in [0.29, 0.717) is 16.5 Å². The molecule has 0 saturated carbocycles. The van der Waals surface area contributed by atoms with Gasteiger partial charge in [-0.3, -0.25) is 4.72 Å². The second kappa shape index (κ2) is 7.33. The molecule has 0 unspecified atom stereocenters. The Morgan fingerprint density at radius 3 is 2.60 bits per heavy atom. The van der Waals surface area contributed by atoms with Crippen LogP contribution in [0.5, 0.6) is 0 Å². The molecule has 1 heterocycles. The molecule has 0 saturated heterocycles. The smallest absolute Gasteiger partial charge is 0.261 e. The predicted octanol–water partition coefficient (Wildman–Crippen LogP) is 5.62. The fraction of sp³-hybridized carbons (Fsp3) is 0.200. The van der Waals surface area contributed by atoms with Gasteiger partial charge >= 0.3 is 0 Å². The van der Waals surface area contributed by atoms with Crippen LogP contribution in [-0.4, -0.2) is 8.42 Å². The highest BCUT2D eigenvalue weighted by Crippen LogP contribution is 2.50. The zero-order valence-corrected chi connectivity index (χ0v) is 17.6. The number of sulfonamides is 1. The van der Waals surface area contributed by atoms with Crippen molar-refractivity contribution < 1.29 is 8.42 Å². The van der Waals surface area contributed by atoms with Gasteiger partial charge in [-0.2, -0.15) is 0 Å². The summed E-state index contributed by atoms with van der Waals surface area (Å²) in [5, 5.41) is 3.69. The normalized spacial score (nSPS) is 22.1. The van der Waals surface area contributed by atoms with Gasteiger partial charge in [0.15, 0.2) is 0 Å². The minimum Gasteiger partial charge on any atom is -0.378 e. The standard InChI is InChI=1S/C25H24N2O2S/c1-17-7-5-8-18(15-17)25-22-12-6-11-21(22)23-16-20(13-14-24(23)26-25)30(28,29)27-19-9-3-2-4-10-19/h2-11,13-16,21-22,25-27H,12H2,1H3/t21-,22+,25+/m0/s1. The van der Waals surface area contributed by atoms with Crippen LogP contribution in [0, 0.1) is 12.8 Å². The molecule has 2 N–H and O–H groups in total. The first-order chi connectivity index (χ1) is 14.5. The molecule has 3 aromatic carbocycles. The van der Waals surface area contributed by atoms with E-state index < -0.39 is 10.0 Å². The Morgan fingerprint density at radius 2 is 1.80 bits per heavy atom. The largest absolute Gasteiger partial charge is 0.378 e. The topological polar surface area (TPSA) is 58.2 Å². The molecular weight excluding hydrogens is 392 g/mol. The maximum Gasteiger partial charge on any atom is 0.261 e. The Balaban J connectivity index is 1.50. The van der Waals surface area contributed by atoms with Crippen LogP contribution in [0.15, 0.2) is 89.8 Å². The van der Waals surface area contributed by atoms with E-state index in [9.17, 15) is 8.42 Å². The zero-order chi connectivity index (χ0) is 20.7. The van der Waals surface area contributed by atoms with Gasteiger partial charge in [0.1, 0.15) is 0 Å². The third-order valence-electron chi connectivity index (χ3n) is 6.07. The summed E-state index contributed by atoms with van der Waals surface area (Å²) >= 11 is 0. The summed E-state index contributed by atoms with van der Waals surface area (Å²) in [6.07, 6.45) is 5.43. The number of para-hydroxylation sites is 1. The van der Waals surface area contributed by atoms with Crippen LogP contribution in [0.4, 0.5) is 11.4 Å². The van der Waals surface area contributed by atoms with Crippen LogP contribution in [0.3, 0.4) is 0 Å². The summed E-state index contributed by atoms with van der Waals surface area (Å²) in [6.45, 7) is 2.11. The highest BCUT2D eigenvalue weighted by atomic mass is 32.2. The van der Waals surface area contributed by atoms with Crippen LogP contribution >= 0.6 is 0 Å². The van der Waals surface area contributed by atoms with Gasteiger partial charge in [-0.15, -0.1) is 0 Å².